The molecule has 138 valence electrons. The Labute approximate surface area is 155 Å². The average Bonchev–Trinajstić information content (AvgIpc) is 2.64. The summed E-state index contributed by atoms with van der Waals surface area (Å²) in [4.78, 5) is 28.3. The number of para-hydroxylation sites is 1. The number of hydrogen-bond donors (Lipinski definition) is 0. The van der Waals surface area contributed by atoms with Crippen LogP contribution in [0, 0.1) is 6.92 Å². The molecular weight excluding hydrogens is 328 g/mol. The topological polar surface area (TPSA) is 49.9 Å². The molecule has 2 rings (SSSR count). The molecule has 0 aliphatic rings. The van der Waals surface area contributed by atoms with Crippen LogP contribution in [-0.4, -0.2) is 43.5 Å². The maximum absolute atomic E-state index is 12.9. The fourth-order valence-electron chi connectivity index (χ4n) is 2.88. The van der Waals surface area contributed by atoms with Crippen LogP contribution in [0.5, 0.6) is 0 Å². The molecule has 2 aromatic carbocycles. The molecule has 0 fully saturated rings. The van der Waals surface area contributed by atoms with Crippen LogP contribution < -0.4 is 4.90 Å². The number of esters is 1. The second-order valence-corrected chi connectivity index (χ2v) is 6.13. The average molecular weight is 354 g/mol. The van der Waals surface area contributed by atoms with E-state index in [0.29, 0.717) is 13.1 Å². The molecule has 0 heterocycles. The number of nitrogens with zero attached hydrogens (tertiary/aromatic N) is 2. The van der Waals surface area contributed by atoms with E-state index >= 15 is 0 Å². The van der Waals surface area contributed by atoms with Crippen LogP contribution in [0.3, 0.4) is 0 Å². The van der Waals surface area contributed by atoms with E-state index in [1.54, 1.807) is 4.90 Å². The smallest absolute Gasteiger partial charge is 0.319 e. The van der Waals surface area contributed by atoms with Crippen LogP contribution >= 0.6 is 0 Å². The van der Waals surface area contributed by atoms with Crippen molar-refractivity contribution >= 4 is 17.6 Å². The molecule has 0 saturated heterocycles. The molecule has 2 aromatic rings. The van der Waals surface area contributed by atoms with Gasteiger partial charge in [-0.3, -0.25) is 14.5 Å². The highest BCUT2D eigenvalue weighted by molar-refractivity contribution is 5.95. The fourth-order valence-corrected chi connectivity index (χ4v) is 2.88. The summed E-state index contributed by atoms with van der Waals surface area (Å²) in [6, 6.07) is 17.6. The Kier molecular flexibility index (Phi) is 7.36. The van der Waals surface area contributed by atoms with Crippen LogP contribution in [-0.2, 0) is 20.9 Å². The predicted octanol–water partition coefficient (Wildman–Crippen LogP) is 3.02. The van der Waals surface area contributed by atoms with Gasteiger partial charge >= 0.3 is 5.97 Å². The van der Waals surface area contributed by atoms with Crippen LogP contribution in [0.25, 0.3) is 0 Å². The molecular formula is C21H26N2O3. The van der Waals surface area contributed by atoms with Gasteiger partial charge in [0.1, 0.15) is 0 Å². The summed E-state index contributed by atoms with van der Waals surface area (Å²) in [5.74, 6) is -0.394. The van der Waals surface area contributed by atoms with Gasteiger partial charge in [-0.2, -0.15) is 0 Å². The van der Waals surface area contributed by atoms with Crippen LogP contribution in [0.2, 0.25) is 0 Å². The minimum Gasteiger partial charge on any atom is -0.468 e. The van der Waals surface area contributed by atoms with E-state index in [-0.39, 0.29) is 25.0 Å². The number of carbonyl (C=O) groups excluding carboxylic acids is 2. The van der Waals surface area contributed by atoms with Crippen molar-refractivity contribution in [1.82, 2.24) is 4.90 Å². The van der Waals surface area contributed by atoms with Crippen molar-refractivity contribution in [3.63, 3.8) is 0 Å². The van der Waals surface area contributed by atoms with Crippen molar-refractivity contribution in [1.29, 1.82) is 0 Å². The summed E-state index contributed by atoms with van der Waals surface area (Å²) in [5, 5.41) is 0. The van der Waals surface area contributed by atoms with E-state index in [9.17, 15) is 9.59 Å². The summed E-state index contributed by atoms with van der Waals surface area (Å²) in [7, 11) is 1.36. The van der Waals surface area contributed by atoms with Gasteiger partial charge in [0.2, 0.25) is 5.91 Å². The second-order valence-electron chi connectivity index (χ2n) is 6.13. The van der Waals surface area contributed by atoms with Crippen molar-refractivity contribution in [3.05, 3.63) is 65.7 Å². The van der Waals surface area contributed by atoms with Gasteiger partial charge in [0, 0.05) is 18.8 Å². The lowest BCUT2D eigenvalue weighted by Crippen LogP contribution is -2.42. The van der Waals surface area contributed by atoms with Crippen molar-refractivity contribution < 1.29 is 14.3 Å². The second kappa shape index (κ2) is 9.73. The summed E-state index contributed by atoms with van der Waals surface area (Å²) < 4.78 is 4.79. The van der Waals surface area contributed by atoms with Crippen molar-refractivity contribution in [2.45, 2.75) is 20.4 Å². The van der Waals surface area contributed by atoms with Gasteiger partial charge in [0.15, 0.2) is 0 Å². The van der Waals surface area contributed by atoms with Crippen LogP contribution in [0.15, 0.2) is 54.6 Å². The molecule has 0 N–H and O–H groups in total. The first kappa shape index (κ1) is 19.7. The molecule has 0 bridgehead atoms. The van der Waals surface area contributed by atoms with Gasteiger partial charge in [-0.25, -0.2) is 0 Å². The highest BCUT2D eigenvalue weighted by atomic mass is 16.5. The molecule has 5 nitrogen and oxygen atoms in total. The van der Waals surface area contributed by atoms with Crippen molar-refractivity contribution in [2.24, 2.45) is 0 Å². The minimum atomic E-state index is -0.354. The monoisotopic (exact) mass is 354 g/mol. The Balaban J connectivity index is 2.15. The van der Waals surface area contributed by atoms with E-state index in [2.05, 4.69) is 0 Å². The zero-order valence-electron chi connectivity index (χ0n) is 15.6. The zero-order chi connectivity index (χ0) is 18.9. The number of rotatable bonds is 8. The van der Waals surface area contributed by atoms with Crippen molar-refractivity contribution in [2.75, 3.05) is 31.6 Å². The SMILES string of the molecule is CCN(C(=O)CN(CC(=O)OC)Cc1ccccc1)c1ccccc1C. The zero-order valence-corrected chi connectivity index (χ0v) is 15.6. The van der Waals surface area contributed by atoms with Crippen LogP contribution in [0.4, 0.5) is 5.69 Å². The summed E-state index contributed by atoms with van der Waals surface area (Å²) in [5.41, 5.74) is 2.99. The van der Waals surface area contributed by atoms with Gasteiger partial charge < -0.3 is 9.64 Å². The molecule has 5 heteroatoms. The van der Waals surface area contributed by atoms with Gasteiger partial charge in [-0.1, -0.05) is 48.5 Å². The molecule has 26 heavy (non-hydrogen) atoms. The highest BCUT2D eigenvalue weighted by Crippen LogP contribution is 2.19. The molecule has 0 unspecified atom stereocenters. The first-order valence-corrected chi connectivity index (χ1v) is 8.74. The van der Waals surface area contributed by atoms with Gasteiger partial charge in [0.25, 0.3) is 0 Å². The maximum atomic E-state index is 12.9. The summed E-state index contributed by atoms with van der Waals surface area (Å²) in [6.45, 7) is 5.23. The minimum absolute atomic E-state index is 0.0402. The molecule has 0 radical (unpaired) electrons. The lowest BCUT2D eigenvalue weighted by Gasteiger charge is -2.27. The van der Waals surface area contributed by atoms with E-state index in [0.717, 1.165) is 16.8 Å². The number of ether oxygens (including phenoxy) is 1. The summed E-state index contributed by atoms with van der Waals surface area (Å²) >= 11 is 0. The Hall–Kier alpha value is -2.66. The lowest BCUT2D eigenvalue weighted by molar-refractivity contribution is -0.142. The Morgan fingerprint density at radius 2 is 1.62 bits per heavy atom. The van der Waals surface area contributed by atoms with E-state index in [1.165, 1.54) is 7.11 Å². The first-order chi connectivity index (χ1) is 12.5. The number of benzene rings is 2. The summed E-state index contributed by atoms with van der Waals surface area (Å²) in [6.07, 6.45) is 0. The number of aryl methyl sites for hydroxylation is 1. The molecule has 0 aliphatic heterocycles. The van der Waals surface area contributed by atoms with E-state index in [1.807, 2.05) is 73.3 Å². The van der Waals surface area contributed by atoms with Crippen molar-refractivity contribution in [3.8, 4) is 0 Å². The third-order valence-electron chi connectivity index (χ3n) is 4.21. The largest absolute Gasteiger partial charge is 0.468 e. The molecule has 1 amide bonds. The maximum Gasteiger partial charge on any atom is 0.319 e. The Morgan fingerprint density at radius 3 is 2.23 bits per heavy atom. The number of methoxy groups -OCH3 is 1. The predicted molar refractivity (Wildman–Crippen MR) is 103 cm³/mol. The molecule has 0 aromatic heterocycles. The molecule has 0 aliphatic carbocycles. The van der Waals surface area contributed by atoms with Gasteiger partial charge in [-0.05, 0) is 31.0 Å². The fraction of sp³-hybridized carbons (Fsp3) is 0.333. The first-order valence-electron chi connectivity index (χ1n) is 8.74. The number of likely N-dealkylation sites (N-methyl/N-ethyl adjacent to an activating group) is 1. The van der Waals surface area contributed by atoms with Crippen LogP contribution in [0.1, 0.15) is 18.1 Å². The quantitative estimate of drug-likeness (QED) is 0.684. The third kappa shape index (κ3) is 5.43. The normalized spacial score (nSPS) is 10.6. The lowest BCUT2D eigenvalue weighted by atomic mass is 10.1. The highest BCUT2D eigenvalue weighted by Gasteiger charge is 2.21. The number of amides is 1. The number of hydrogen-bond acceptors (Lipinski definition) is 4. The Bertz CT molecular complexity index is 731. The third-order valence-corrected chi connectivity index (χ3v) is 4.21. The molecule has 0 spiro atoms. The van der Waals surface area contributed by atoms with E-state index in [4.69, 9.17) is 4.74 Å². The number of anilines is 1. The Morgan fingerprint density at radius 1 is 0.962 bits per heavy atom. The number of carbonyl (C=O) groups is 2. The van der Waals surface area contributed by atoms with E-state index < -0.39 is 0 Å². The molecule has 0 atom stereocenters. The molecule has 0 saturated carbocycles. The standard InChI is InChI=1S/C21H26N2O3/c1-4-23(19-13-9-8-10-17(19)2)20(24)15-22(16-21(25)26-3)14-18-11-6-5-7-12-18/h5-13H,4,14-16H2,1-3H3. The van der Waals surface area contributed by atoms with Gasteiger partial charge in [0.05, 0.1) is 20.2 Å². The van der Waals surface area contributed by atoms with Gasteiger partial charge in [-0.15, -0.1) is 0 Å².